The number of aliphatic hydroxyl groups is 1. The van der Waals surface area contributed by atoms with Crippen LogP contribution in [0.2, 0.25) is 0 Å². The lowest BCUT2D eigenvalue weighted by molar-refractivity contribution is -0.870. The zero-order valence-electron chi connectivity index (χ0n) is 47.3. The van der Waals surface area contributed by atoms with Gasteiger partial charge in [0.05, 0.1) is 39.9 Å². The molecule has 0 radical (unpaired) electrons. The van der Waals surface area contributed by atoms with Gasteiger partial charge in [0.15, 0.2) is 0 Å². The van der Waals surface area contributed by atoms with Crippen LogP contribution in [0.15, 0.2) is 36.5 Å². The second-order valence-corrected chi connectivity index (χ2v) is 23.5. The number of carbonyl (C=O) groups is 1. The van der Waals surface area contributed by atoms with Gasteiger partial charge in [0.1, 0.15) is 13.2 Å². The van der Waals surface area contributed by atoms with E-state index in [-0.39, 0.29) is 19.1 Å². The second-order valence-electron chi connectivity index (χ2n) is 22.1. The van der Waals surface area contributed by atoms with Gasteiger partial charge in [-0.25, -0.2) is 4.57 Å². The summed E-state index contributed by atoms with van der Waals surface area (Å²) in [6.07, 6.45) is 68.4. The molecule has 0 aromatic heterocycles. The van der Waals surface area contributed by atoms with Crippen LogP contribution in [0.4, 0.5) is 0 Å². The minimum atomic E-state index is -4.35. The first-order valence-electron chi connectivity index (χ1n) is 30.4. The minimum absolute atomic E-state index is 0.0577. The molecule has 0 spiro atoms. The van der Waals surface area contributed by atoms with Crippen molar-refractivity contribution in [3.63, 3.8) is 0 Å². The zero-order valence-corrected chi connectivity index (χ0v) is 48.2. The fourth-order valence-corrected chi connectivity index (χ4v) is 9.79. The van der Waals surface area contributed by atoms with Crippen LogP contribution in [0.3, 0.4) is 0 Å². The first-order valence-corrected chi connectivity index (χ1v) is 31.9. The fraction of sp³-hybridized carbons (Fsp3) is 0.885. The third-order valence-electron chi connectivity index (χ3n) is 13.8. The highest BCUT2D eigenvalue weighted by Gasteiger charge is 2.27. The second kappa shape index (κ2) is 52.6. The number of likely N-dealkylation sites (N-methyl/N-ethyl adjacent to an activating group) is 1. The third-order valence-corrected chi connectivity index (χ3v) is 14.8. The number of rotatable bonds is 56. The number of quaternary nitrogens is 1. The number of carbonyl (C=O) groups excluding carboxylic acids is 1. The number of hydrogen-bond acceptors (Lipinski definition) is 5. The van der Waals surface area contributed by atoms with E-state index >= 15 is 0 Å². The summed E-state index contributed by atoms with van der Waals surface area (Å²) in [6, 6.07) is -0.861. The maximum absolute atomic E-state index is 13.0. The van der Waals surface area contributed by atoms with E-state index in [1.807, 2.05) is 27.2 Å². The van der Waals surface area contributed by atoms with Crippen LogP contribution in [0, 0.1) is 0 Å². The van der Waals surface area contributed by atoms with Gasteiger partial charge in [-0.15, -0.1) is 0 Å². The van der Waals surface area contributed by atoms with Crippen molar-refractivity contribution in [2.75, 3.05) is 40.9 Å². The van der Waals surface area contributed by atoms with Gasteiger partial charge >= 0.3 is 7.82 Å². The summed E-state index contributed by atoms with van der Waals surface area (Å²) in [4.78, 5) is 23.3. The molecule has 0 fully saturated rings. The highest BCUT2D eigenvalue weighted by molar-refractivity contribution is 7.47. The Hall–Kier alpha value is -1.28. The first kappa shape index (κ1) is 68.7. The van der Waals surface area contributed by atoms with Gasteiger partial charge in [0, 0.05) is 6.42 Å². The molecule has 0 saturated carbocycles. The molecule has 0 aliphatic carbocycles. The molecule has 9 heteroatoms. The normalized spacial score (nSPS) is 14.1. The van der Waals surface area contributed by atoms with Gasteiger partial charge < -0.3 is 19.8 Å². The summed E-state index contributed by atoms with van der Waals surface area (Å²) < 4.78 is 23.7. The molecule has 1 amide bonds. The number of aliphatic hydroxyl groups excluding tert-OH is 1. The van der Waals surface area contributed by atoms with Crippen molar-refractivity contribution in [1.29, 1.82) is 0 Å². The maximum atomic E-state index is 13.0. The van der Waals surface area contributed by atoms with Crippen LogP contribution in [0.25, 0.3) is 0 Å². The van der Waals surface area contributed by atoms with E-state index < -0.39 is 20.0 Å². The summed E-state index contributed by atoms with van der Waals surface area (Å²) in [5.41, 5.74) is 0. The van der Waals surface area contributed by atoms with Crippen molar-refractivity contribution >= 4 is 13.7 Å². The van der Waals surface area contributed by atoms with Crippen molar-refractivity contribution in [3.8, 4) is 0 Å². The van der Waals surface area contributed by atoms with E-state index in [0.717, 1.165) is 38.5 Å². The Morgan fingerprint density at radius 2 is 0.786 bits per heavy atom. The molecule has 3 atom stereocenters. The molecule has 0 heterocycles. The minimum Gasteiger partial charge on any atom is -0.387 e. The molecule has 0 bridgehead atoms. The molecule has 3 unspecified atom stereocenters. The lowest BCUT2D eigenvalue weighted by Gasteiger charge is -2.25. The Labute approximate surface area is 436 Å². The summed E-state index contributed by atoms with van der Waals surface area (Å²) in [5, 5.41) is 13.9. The molecule has 8 nitrogen and oxygen atoms in total. The van der Waals surface area contributed by atoms with Crippen molar-refractivity contribution in [2.24, 2.45) is 0 Å². The quantitative estimate of drug-likeness (QED) is 0.0243. The van der Waals surface area contributed by atoms with Gasteiger partial charge in [-0.2, -0.15) is 0 Å². The monoisotopic (exact) mass is 1010 g/mol. The number of phosphoric acid groups is 1. The molecular weight excluding hydrogens is 888 g/mol. The van der Waals surface area contributed by atoms with Gasteiger partial charge in [-0.3, -0.25) is 13.8 Å². The zero-order chi connectivity index (χ0) is 51.3. The number of unbranched alkanes of at least 4 members (excludes halogenated alkanes) is 39. The van der Waals surface area contributed by atoms with Gasteiger partial charge in [-0.05, 0) is 57.8 Å². The molecule has 0 aromatic carbocycles. The molecule has 0 aliphatic rings. The Kier molecular flexibility index (Phi) is 51.6. The van der Waals surface area contributed by atoms with E-state index in [0.29, 0.717) is 17.4 Å². The Bertz CT molecular complexity index is 1230. The number of allylic oxidation sites excluding steroid dienone is 5. The fourth-order valence-electron chi connectivity index (χ4n) is 9.06. The predicted molar refractivity (Wildman–Crippen MR) is 304 cm³/mol. The van der Waals surface area contributed by atoms with Gasteiger partial charge in [0.25, 0.3) is 0 Å². The van der Waals surface area contributed by atoms with Crippen LogP contribution in [0.1, 0.15) is 296 Å². The molecule has 0 aromatic rings. The van der Waals surface area contributed by atoms with Crippen LogP contribution in [-0.4, -0.2) is 73.4 Å². The topological polar surface area (TPSA) is 105 Å². The largest absolute Gasteiger partial charge is 0.472 e. The number of nitrogens with zero attached hydrogens (tertiary/aromatic N) is 1. The average molecular weight is 1010 g/mol. The number of amides is 1. The van der Waals surface area contributed by atoms with Gasteiger partial charge in [-0.1, -0.05) is 269 Å². The Morgan fingerprint density at radius 1 is 0.471 bits per heavy atom. The average Bonchev–Trinajstić information content (AvgIpc) is 3.32. The van der Waals surface area contributed by atoms with Crippen LogP contribution in [-0.2, 0) is 18.4 Å². The molecule has 0 aliphatic heterocycles. The van der Waals surface area contributed by atoms with Crippen molar-refractivity contribution in [1.82, 2.24) is 5.32 Å². The Balaban J connectivity index is 4.08. The van der Waals surface area contributed by atoms with E-state index in [9.17, 15) is 19.4 Å². The number of nitrogens with one attached hydrogen (secondary N) is 1. The van der Waals surface area contributed by atoms with Crippen molar-refractivity contribution in [3.05, 3.63) is 36.5 Å². The standard InChI is InChI=1S/C61H119N2O6P/c1-6-8-10-12-14-16-18-20-22-24-25-26-27-28-29-30-31-32-33-34-35-36-37-39-41-43-45-47-49-51-53-55-61(65)62-59(58-69-70(66,67)68-57-56-63(3,4)5)60(64)54-52-50-48-46-44-42-40-38-23-21-19-17-15-13-11-9-7-2/h24-25,44,46,52,54,59-60,64H,6-23,26-43,45,47-51,53,55-58H2,1-5H3,(H-,62,65,66,67)/p+1/b25-24-,46-44+,54-52+. The number of hydrogen-bond donors (Lipinski definition) is 3. The van der Waals surface area contributed by atoms with Crippen molar-refractivity contribution < 1.29 is 32.9 Å². The molecule has 0 saturated heterocycles. The Morgan fingerprint density at radius 3 is 1.14 bits per heavy atom. The maximum Gasteiger partial charge on any atom is 0.472 e. The predicted octanol–water partition coefficient (Wildman–Crippen LogP) is 18.5. The summed E-state index contributed by atoms with van der Waals surface area (Å²) in [5.74, 6) is -0.182. The van der Waals surface area contributed by atoms with E-state index in [4.69, 9.17) is 9.05 Å². The summed E-state index contributed by atoms with van der Waals surface area (Å²) >= 11 is 0. The molecule has 70 heavy (non-hydrogen) atoms. The lowest BCUT2D eigenvalue weighted by Crippen LogP contribution is -2.45. The SMILES string of the molecule is CCCCCCCCCC/C=C\CCCCCCCCCCCCCCCCCCCCCC(=O)NC(COP(=O)(O)OCC[N+](C)(C)C)C(O)/C=C/CC/C=C/CCCCCCCCCCCCC. The highest BCUT2D eigenvalue weighted by atomic mass is 31.2. The summed E-state index contributed by atoms with van der Waals surface area (Å²) in [7, 11) is 1.57. The van der Waals surface area contributed by atoms with E-state index in [1.165, 1.54) is 238 Å². The molecule has 414 valence electrons. The molecular formula is C61H120N2O6P+. The molecule has 3 N–H and O–H groups in total. The summed E-state index contributed by atoms with van der Waals surface area (Å²) in [6.45, 7) is 4.83. The van der Waals surface area contributed by atoms with Crippen molar-refractivity contribution in [2.45, 2.75) is 309 Å². The first-order chi connectivity index (χ1) is 34.0. The van der Waals surface area contributed by atoms with Crippen LogP contribution < -0.4 is 5.32 Å². The van der Waals surface area contributed by atoms with Gasteiger partial charge in [0.2, 0.25) is 5.91 Å². The smallest absolute Gasteiger partial charge is 0.387 e. The van der Waals surface area contributed by atoms with Crippen LogP contribution in [0.5, 0.6) is 0 Å². The third kappa shape index (κ3) is 54.5. The lowest BCUT2D eigenvalue weighted by atomic mass is 10.0. The highest BCUT2D eigenvalue weighted by Crippen LogP contribution is 2.43. The molecule has 0 rings (SSSR count). The van der Waals surface area contributed by atoms with Crippen LogP contribution >= 0.6 is 7.82 Å². The number of phosphoric ester groups is 1. The van der Waals surface area contributed by atoms with E-state index in [2.05, 4.69) is 43.5 Å². The van der Waals surface area contributed by atoms with E-state index in [1.54, 1.807) is 6.08 Å².